The van der Waals surface area contributed by atoms with Gasteiger partial charge in [0.1, 0.15) is 11.6 Å². The van der Waals surface area contributed by atoms with Crippen LogP contribution >= 0.6 is 0 Å². The zero-order valence-electron chi connectivity index (χ0n) is 41.4. The molecule has 16 rings (SSSR count). The first-order chi connectivity index (χ1) is 36.9. The van der Waals surface area contributed by atoms with Crippen molar-refractivity contribution < 1.29 is 42.1 Å². The van der Waals surface area contributed by atoms with Crippen LogP contribution in [0.25, 0.3) is 138 Å². The molecule has 0 saturated heterocycles. The maximum atomic E-state index is 4.82. The van der Waals surface area contributed by atoms with Gasteiger partial charge in [-0.2, -0.15) is 35.0 Å². The van der Waals surface area contributed by atoms with Gasteiger partial charge in [-0.05, 0) is 70.1 Å². The van der Waals surface area contributed by atoms with Crippen molar-refractivity contribution in [3.8, 4) is 29.0 Å². The number of aromatic nitrogens is 11. The van der Waals surface area contributed by atoms with Crippen LogP contribution < -0.4 is 0 Å². The molecule has 0 N–H and O–H groups in total. The van der Waals surface area contributed by atoms with Crippen molar-refractivity contribution in [3.63, 3.8) is 0 Å². The number of rotatable bonds is 5. The van der Waals surface area contributed by atoms with Gasteiger partial charge in [-0.15, -0.1) is 78.3 Å². The number of pyridine rings is 2. The Morgan fingerprint density at radius 1 is 0.325 bits per heavy atom. The monoisotopic (exact) mass is 1350 g/mol. The normalized spacial score (nSPS) is 12.1. The van der Waals surface area contributed by atoms with Crippen molar-refractivity contribution in [2.75, 3.05) is 0 Å². The van der Waals surface area contributed by atoms with E-state index in [2.05, 4.69) is 207 Å². The molecule has 0 fully saturated rings. The van der Waals surface area contributed by atoms with E-state index in [1.165, 1.54) is 0 Å². The topological polar surface area (TPSA) is 102 Å². The summed E-state index contributed by atoms with van der Waals surface area (Å²) >= 11 is 0. The predicted octanol–water partition coefficient (Wildman–Crippen LogP) is 14.0. The molecule has 8 aromatic heterocycles. The van der Waals surface area contributed by atoms with E-state index < -0.39 is 0 Å². The van der Waals surface area contributed by atoms with Crippen molar-refractivity contribution in [3.05, 3.63) is 212 Å². The largest absolute Gasteiger partial charge is 2.00 e. The quantitative estimate of drug-likeness (QED) is 0.159. The van der Waals surface area contributed by atoms with Crippen LogP contribution in [0.3, 0.4) is 0 Å². The van der Waals surface area contributed by atoms with Gasteiger partial charge in [0.15, 0.2) is 5.82 Å². The van der Waals surface area contributed by atoms with Crippen molar-refractivity contribution >= 4 is 109 Å². The average molecular weight is 1350 g/mol. The maximum Gasteiger partial charge on any atom is 2.00 e. The molecule has 77 heavy (non-hydrogen) atoms. The molecule has 13 heteroatoms. The third-order valence-corrected chi connectivity index (χ3v) is 14.8. The summed E-state index contributed by atoms with van der Waals surface area (Å²) in [6.45, 7) is 6.18. The number of para-hydroxylation sites is 4. The molecule has 0 bridgehead atoms. The van der Waals surface area contributed by atoms with Gasteiger partial charge in [0, 0.05) is 39.9 Å². The van der Waals surface area contributed by atoms with Crippen LogP contribution in [0, 0.1) is 24.3 Å². The molecule has 0 saturated carbocycles. The molecule has 8 heterocycles. The van der Waals surface area contributed by atoms with E-state index in [0.717, 1.165) is 132 Å². The second-order valence-electron chi connectivity index (χ2n) is 20.2. The molecule has 0 aliphatic rings. The molecular formula is C64H39N11Pt2. The first-order valence-electron chi connectivity index (χ1n) is 25.0. The molecule has 8 aromatic carbocycles. The van der Waals surface area contributed by atoms with E-state index in [9.17, 15) is 0 Å². The van der Waals surface area contributed by atoms with Crippen molar-refractivity contribution in [1.82, 2.24) is 53.2 Å². The Morgan fingerprint density at radius 3 is 1.05 bits per heavy atom. The Hall–Kier alpha value is -8.62. The van der Waals surface area contributed by atoms with E-state index in [1.54, 1.807) is 0 Å². The summed E-state index contributed by atoms with van der Waals surface area (Å²) in [5, 5.41) is 29.8. The molecule has 0 radical (unpaired) electrons. The van der Waals surface area contributed by atoms with Gasteiger partial charge in [-0.3, -0.25) is 0 Å². The fourth-order valence-corrected chi connectivity index (χ4v) is 11.5. The molecular weight excluding hydrogens is 1310 g/mol. The first-order valence-corrected chi connectivity index (χ1v) is 25.0. The number of nitrogens with zero attached hydrogens (tertiary/aromatic N) is 11. The summed E-state index contributed by atoms with van der Waals surface area (Å²) in [6.07, 6.45) is 3.67. The summed E-state index contributed by atoms with van der Waals surface area (Å²) in [5.41, 5.74) is 10.7. The molecule has 370 valence electrons. The average Bonchev–Trinajstić information content (AvgIpc) is 4.24. The zero-order valence-corrected chi connectivity index (χ0v) is 45.9. The fourth-order valence-electron chi connectivity index (χ4n) is 11.5. The number of hydrogen-bond donors (Lipinski definition) is 0. The van der Waals surface area contributed by atoms with Crippen LogP contribution in [0.5, 0.6) is 0 Å². The van der Waals surface area contributed by atoms with Crippen LogP contribution in [0.1, 0.15) is 26.6 Å². The van der Waals surface area contributed by atoms with Crippen LogP contribution in [-0.2, 0) is 47.5 Å². The van der Waals surface area contributed by atoms with Gasteiger partial charge >= 0.3 is 42.1 Å². The molecule has 16 aromatic rings. The van der Waals surface area contributed by atoms with Gasteiger partial charge in [0.2, 0.25) is 0 Å². The molecule has 0 unspecified atom stereocenters. The Morgan fingerprint density at radius 2 is 0.675 bits per heavy atom. The van der Waals surface area contributed by atoms with Gasteiger partial charge in [0.25, 0.3) is 5.95 Å². The summed E-state index contributed by atoms with van der Waals surface area (Å²) in [7, 11) is 0. The summed E-state index contributed by atoms with van der Waals surface area (Å²) in [5.74, 6) is 2.52. The third-order valence-electron chi connectivity index (χ3n) is 14.8. The van der Waals surface area contributed by atoms with Gasteiger partial charge in [-0.1, -0.05) is 150 Å². The molecule has 0 amide bonds. The predicted molar refractivity (Wildman–Crippen MR) is 299 cm³/mol. The van der Waals surface area contributed by atoms with Crippen LogP contribution in [0.4, 0.5) is 0 Å². The van der Waals surface area contributed by atoms with Gasteiger partial charge < -0.3 is 22.8 Å². The maximum absolute atomic E-state index is 4.82. The van der Waals surface area contributed by atoms with E-state index in [1.807, 2.05) is 53.4 Å². The summed E-state index contributed by atoms with van der Waals surface area (Å²) in [6, 6.07) is 75.1. The summed E-state index contributed by atoms with van der Waals surface area (Å²) in [4.78, 5) is 9.64. The minimum absolute atomic E-state index is 0. The molecule has 0 aliphatic heterocycles. The minimum Gasteiger partial charge on any atom is -0.358 e. The number of fused-ring (bicyclic) bond motifs is 15. The Kier molecular flexibility index (Phi) is 10.6. The fraction of sp³-hybridized carbons (Fsp3) is 0.0625. The first kappa shape index (κ1) is 46.9. The number of benzene rings is 8. The van der Waals surface area contributed by atoms with E-state index in [4.69, 9.17) is 20.2 Å². The van der Waals surface area contributed by atoms with Crippen molar-refractivity contribution in [1.29, 1.82) is 0 Å². The van der Waals surface area contributed by atoms with E-state index >= 15 is 0 Å². The van der Waals surface area contributed by atoms with Gasteiger partial charge in [0.05, 0.1) is 0 Å². The second kappa shape index (κ2) is 17.5. The Bertz CT molecular complexity index is 4750. The van der Waals surface area contributed by atoms with Crippen molar-refractivity contribution in [2.24, 2.45) is 0 Å². The molecule has 0 atom stereocenters. The van der Waals surface area contributed by atoms with Crippen LogP contribution in [-0.4, -0.2) is 53.2 Å². The van der Waals surface area contributed by atoms with Crippen LogP contribution in [0.2, 0.25) is 0 Å². The molecule has 11 nitrogen and oxygen atoms in total. The van der Waals surface area contributed by atoms with Crippen molar-refractivity contribution in [2.45, 2.75) is 26.2 Å². The van der Waals surface area contributed by atoms with E-state index in [-0.39, 0.29) is 47.5 Å². The SMILES string of the molecule is CC(C)(C)c1nnc(-n2c3[c-]c(-n4c5[c-]c6c(cc5c5ccccc54)c4ccccc4n6-c4ccccn4)ccc3c3ccc(-n4c5[c-]c6c(cc5c5ccccc54)c4ccccc4n6-c4ccccn4)[c-]c32)nn1.[Pt+2].[Pt+2]. The standard InChI is InChI=1S/C64H39N11.2Pt/c1-64(2,3)62-67-69-63(70-68-62)75-54-32-38(71-50-20-8-4-16-40(50)46-34-48-42-18-6-10-22-52(42)73(58(48)36-56(46)71)60-24-12-14-30-65-60)26-28-44(54)45-29-27-39(33-55(45)75)72-51-21-9-5-17-41(51)47-35-49-43-19-7-11-23-53(43)74(59(49)37-57(47)72)61-25-13-15-31-66-61;;/h4-31,34-35H,1-3H3;;/q-4;2*+2. The van der Waals surface area contributed by atoms with E-state index in [0.29, 0.717) is 11.8 Å². The number of hydrogen-bond acceptors (Lipinski definition) is 6. The second-order valence-corrected chi connectivity index (χ2v) is 20.2. The zero-order chi connectivity index (χ0) is 49.7. The Labute approximate surface area is 468 Å². The van der Waals surface area contributed by atoms with Gasteiger partial charge in [-0.25, -0.2) is 9.97 Å². The minimum atomic E-state index is -0.362. The molecule has 0 aliphatic carbocycles. The van der Waals surface area contributed by atoms with Crippen LogP contribution in [0.15, 0.2) is 182 Å². The molecule has 0 spiro atoms. The smallest absolute Gasteiger partial charge is 0.358 e. The summed E-state index contributed by atoms with van der Waals surface area (Å²) < 4.78 is 11.0. The third kappa shape index (κ3) is 6.83. The Balaban J connectivity index is 0.00000270.